The summed E-state index contributed by atoms with van der Waals surface area (Å²) in [4.78, 5) is 41.0. The first-order chi connectivity index (χ1) is 18.8. The normalized spacial score (nSPS) is 14.9. The predicted octanol–water partition coefficient (Wildman–Crippen LogP) is 4.15. The third-order valence-corrected chi connectivity index (χ3v) is 6.29. The zero-order chi connectivity index (χ0) is 28.1. The van der Waals surface area contributed by atoms with Crippen LogP contribution in [0.15, 0.2) is 102 Å². The van der Waals surface area contributed by atoms with Crippen molar-refractivity contribution in [2.45, 2.75) is 12.8 Å². The Balaban J connectivity index is 2.00. The van der Waals surface area contributed by atoms with Crippen LogP contribution in [0.25, 0.3) is 0 Å². The number of carbonyl (C=O) groups excluding carboxylic acids is 3. The molecule has 1 heterocycles. The SMILES string of the molecule is COC(=O)C1=C(C(=O)OC)N(c2cc(C)ccc2NC(=O)c2ccccc2)C(N)=C(C#N)C1c1ccccc1. The molecule has 0 bridgehead atoms. The monoisotopic (exact) mass is 522 g/mol. The first-order valence-electron chi connectivity index (χ1n) is 11.9. The molecular formula is C30H26N4O5. The smallest absolute Gasteiger partial charge is 0.355 e. The Morgan fingerprint density at radius 1 is 0.923 bits per heavy atom. The van der Waals surface area contributed by atoms with Crippen LogP contribution in [0, 0.1) is 18.3 Å². The Hall–Kier alpha value is -5.36. The highest BCUT2D eigenvalue weighted by Gasteiger charge is 2.43. The maximum Gasteiger partial charge on any atom is 0.355 e. The molecule has 3 aromatic carbocycles. The number of ether oxygens (including phenoxy) is 2. The number of allylic oxidation sites excluding steroid dienone is 1. The largest absolute Gasteiger partial charge is 0.466 e. The lowest BCUT2D eigenvalue weighted by Crippen LogP contribution is -2.41. The number of hydrogen-bond acceptors (Lipinski definition) is 8. The number of carbonyl (C=O) groups is 3. The van der Waals surface area contributed by atoms with Gasteiger partial charge in [0.15, 0.2) is 0 Å². The van der Waals surface area contributed by atoms with Crippen LogP contribution in [0.5, 0.6) is 0 Å². The number of aryl methyl sites for hydroxylation is 1. The molecule has 196 valence electrons. The Morgan fingerprint density at radius 3 is 2.13 bits per heavy atom. The van der Waals surface area contributed by atoms with E-state index in [4.69, 9.17) is 15.2 Å². The second kappa shape index (κ2) is 11.4. The second-order valence-corrected chi connectivity index (χ2v) is 8.68. The van der Waals surface area contributed by atoms with E-state index >= 15 is 0 Å². The zero-order valence-corrected chi connectivity index (χ0v) is 21.6. The molecular weight excluding hydrogens is 496 g/mol. The van der Waals surface area contributed by atoms with Gasteiger partial charge in [-0.1, -0.05) is 54.6 Å². The van der Waals surface area contributed by atoms with Crippen molar-refractivity contribution in [1.29, 1.82) is 5.26 Å². The molecule has 9 nitrogen and oxygen atoms in total. The highest BCUT2D eigenvalue weighted by molar-refractivity contribution is 6.09. The van der Waals surface area contributed by atoms with Gasteiger partial charge in [0.25, 0.3) is 5.91 Å². The summed E-state index contributed by atoms with van der Waals surface area (Å²) in [5.74, 6) is -3.21. The lowest BCUT2D eigenvalue weighted by Gasteiger charge is -2.36. The summed E-state index contributed by atoms with van der Waals surface area (Å²) in [6, 6.07) is 24.5. The molecule has 0 fully saturated rings. The lowest BCUT2D eigenvalue weighted by atomic mass is 9.81. The molecule has 1 amide bonds. The maximum absolute atomic E-state index is 13.4. The van der Waals surface area contributed by atoms with Crippen LogP contribution < -0.4 is 16.0 Å². The van der Waals surface area contributed by atoms with Crippen molar-refractivity contribution in [2.75, 3.05) is 24.4 Å². The first-order valence-corrected chi connectivity index (χ1v) is 11.9. The highest BCUT2D eigenvalue weighted by Crippen LogP contribution is 2.45. The van der Waals surface area contributed by atoms with Gasteiger partial charge in [0, 0.05) is 5.56 Å². The van der Waals surface area contributed by atoms with Gasteiger partial charge in [0.2, 0.25) is 0 Å². The molecule has 0 radical (unpaired) electrons. The number of nitriles is 1. The molecule has 4 rings (SSSR count). The number of amides is 1. The molecule has 0 spiro atoms. The Morgan fingerprint density at radius 2 is 1.54 bits per heavy atom. The number of nitrogens with one attached hydrogen (secondary N) is 1. The van der Waals surface area contributed by atoms with E-state index in [0.717, 1.165) is 5.56 Å². The van der Waals surface area contributed by atoms with Gasteiger partial charge in [0.1, 0.15) is 11.5 Å². The molecule has 39 heavy (non-hydrogen) atoms. The molecule has 3 aromatic rings. The van der Waals surface area contributed by atoms with E-state index in [1.54, 1.807) is 78.9 Å². The fraction of sp³-hybridized carbons (Fsp3) is 0.133. The fourth-order valence-corrected chi connectivity index (χ4v) is 4.48. The number of benzene rings is 3. The van der Waals surface area contributed by atoms with Gasteiger partial charge >= 0.3 is 11.9 Å². The summed E-state index contributed by atoms with van der Waals surface area (Å²) in [5.41, 5.74) is 8.58. The molecule has 1 aliphatic rings. The summed E-state index contributed by atoms with van der Waals surface area (Å²) in [7, 11) is 2.36. The van der Waals surface area contributed by atoms with E-state index in [1.165, 1.54) is 19.1 Å². The van der Waals surface area contributed by atoms with Crippen molar-refractivity contribution in [1.82, 2.24) is 0 Å². The van der Waals surface area contributed by atoms with Crippen molar-refractivity contribution < 1.29 is 23.9 Å². The second-order valence-electron chi connectivity index (χ2n) is 8.68. The number of nitrogens with zero attached hydrogens (tertiary/aromatic N) is 2. The minimum atomic E-state index is -0.999. The van der Waals surface area contributed by atoms with Gasteiger partial charge in [-0.15, -0.1) is 0 Å². The van der Waals surface area contributed by atoms with Crippen molar-refractivity contribution in [2.24, 2.45) is 5.73 Å². The Labute approximate surface area is 225 Å². The van der Waals surface area contributed by atoms with E-state index in [1.807, 2.05) is 6.92 Å². The number of esters is 2. The molecule has 1 unspecified atom stereocenters. The van der Waals surface area contributed by atoms with Gasteiger partial charge in [-0.2, -0.15) is 5.26 Å². The van der Waals surface area contributed by atoms with Crippen LogP contribution in [0.2, 0.25) is 0 Å². The van der Waals surface area contributed by atoms with Crippen molar-refractivity contribution in [3.05, 3.63) is 118 Å². The van der Waals surface area contributed by atoms with Crippen molar-refractivity contribution in [3.8, 4) is 6.07 Å². The summed E-state index contributed by atoms with van der Waals surface area (Å²) < 4.78 is 10.2. The average molecular weight is 523 g/mol. The predicted molar refractivity (Wildman–Crippen MR) is 145 cm³/mol. The molecule has 1 aliphatic heterocycles. The number of hydrogen-bond donors (Lipinski definition) is 2. The minimum absolute atomic E-state index is 0.0242. The third kappa shape index (κ3) is 5.08. The topological polar surface area (TPSA) is 135 Å². The lowest BCUT2D eigenvalue weighted by molar-refractivity contribution is -0.139. The Kier molecular flexibility index (Phi) is 7.77. The number of rotatable bonds is 6. The number of nitrogens with two attached hydrogens (primary N) is 1. The standard InChI is InChI=1S/C30H26N4O5/c1-18-14-15-22(33-28(35)20-12-8-5-9-13-20)23(16-18)34-26(30(37)39-3)25(29(36)38-2)24(21(17-31)27(34)32)19-10-6-4-7-11-19/h4-16,24H,32H2,1-3H3,(H,33,35). The van der Waals surface area contributed by atoms with E-state index < -0.39 is 23.8 Å². The van der Waals surface area contributed by atoms with Gasteiger partial charge in [0.05, 0.1) is 48.7 Å². The van der Waals surface area contributed by atoms with E-state index in [2.05, 4.69) is 11.4 Å². The zero-order valence-electron chi connectivity index (χ0n) is 21.6. The van der Waals surface area contributed by atoms with Crippen molar-refractivity contribution >= 4 is 29.2 Å². The van der Waals surface area contributed by atoms with Crippen LogP contribution in [0.3, 0.4) is 0 Å². The third-order valence-electron chi connectivity index (χ3n) is 6.29. The number of anilines is 2. The molecule has 0 saturated heterocycles. The fourth-order valence-electron chi connectivity index (χ4n) is 4.48. The van der Waals surface area contributed by atoms with E-state index in [-0.39, 0.29) is 28.4 Å². The summed E-state index contributed by atoms with van der Waals surface area (Å²) >= 11 is 0. The van der Waals surface area contributed by atoms with Gasteiger partial charge < -0.3 is 20.5 Å². The molecule has 0 aliphatic carbocycles. The molecule has 9 heteroatoms. The quantitative estimate of drug-likeness (QED) is 0.461. The number of methoxy groups -OCH3 is 2. The van der Waals surface area contributed by atoms with Gasteiger partial charge in [-0.3, -0.25) is 9.69 Å². The molecule has 0 aromatic heterocycles. The summed E-state index contributed by atoms with van der Waals surface area (Å²) in [6.07, 6.45) is 0. The van der Waals surface area contributed by atoms with Crippen LogP contribution in [-0.2, 0) is 19.1 Å². The van der Waals surface area contributed by atoms with E-state index in [0.29, 0.717) is 16.8 Å². The van der Waals surface area contributed by atoms with Gasteiger partial charge in [-0.25, -0.2) is 9.59 Å². The maximum atomic E-state index is 13.4. The highest BCUT2D eigenvalue weighted by atomic mass is 16.5. The van der Waals surface area contributed by atoms with Crippen LogP contribution in [0.1, 0.15) is 27.4 Å². The molecule has 1 atom stereocenters. The summed E-state index contributed by atoms with van der Waals surface area (Å²) in [6.45, 7) is 1.82. The van der Waals surface area contributed by atoms with Crippen LogP contribution in [-0.4, -0.2) is 32.1 Å². The van der Waals surface area contributed by atoms with E-state index in [9.17, 15) is 19.6 Å². The van der Waals surface area contributed by atoms with Crippen LogP contribution in [0.4, 0.5) is 11.4 Å². The van der Waals surface area contributed by atoms with Gasteiger partial charge in [-0.05, 0) is 42.3 Å². The summed E-state index contributed by atoms with van der Waals surface area (Å²) in [5, 5.41) is 13.1. The molecule has 3 N–H and O–H groups in total. The minimum Gasteiger partial charge on any atom is -0.466 e. The first kappa shape index (κ1) is 26.7. The Bertz CT molecular complexity index is 1540. The average Bonchev–Trinajstić information content (AvgIpc) is 2.97. The van der Waals surface area contributed by atoms with Crippen LogP contribution >= 0.6 is 0 Å². The molecule has 0 saturated carbocycles. The van der Waals surface area contributed by atoms with Crippen molar-refractivity contribution in [3.63, 3.8) is 0 Å².